The number of thiophene rings is 1. The Morgan fingerprint density at radius 3 is 2.69 bits per heavy atom. The van der Waals surface area contributed by atoms with Crippen LogP contribution in [0.5, 0.6) is 0 Å². The van der Waals surface area contributed by atoms with Crippen LogP contribution < -0.4 is 5.56 Å². The molecule has 1 aromatic carbocycles. The summed E-state index contributed by atoms with van der Waals surface area (Å²) in [6.45, 7) is 5.73. The zero-order chi connectivity index (χ0) is 18.8. The van der Waals surface area contributed by atoms with Gasteiger partial charge in [0.25, 0.3) is 5.56 Å². The summed E-state index contributed by atoms with van der Waals surface area (Å²) in [6, 6.07) is 5.22. The van der Waals surface area contributed by atoms with Crippen LogP contribution in [0, 0.1) is 12.7 Å². The second-order valence-electron chi connectivity index (χ2n) is 6.02. The lowest BCUT2D eigenvalue weighted by Gasteiger charge is -2.14. The highest BCUT2D eigenvalue weighted by Gasteiger charge is 2.22. The molecule has 0 amide bonds. The SMILES string of the molecule is CCCOC(=O)C(C)n1cnc2sc(C)c(-c3ccc(F)cc3)c2c1=O. The maximum Gasteiger partial charge on any atom is 0.328 e. The van der Waals surface area contributed by atoms with Crippen molar-refractivity contribution in [2.24, 2.45) is 0 Å². The first-order chi connectivity index (χ1) is 12.4. The van der Waals surface area contributed by atoms with Gasteiger partial charge in [-0.15, -0.1) is 11.3 Å². The Balaban J connectivity index is 2.14. The molecule has 2 aromatic heterocycles. The monoisotopic (exact) mass is 374 g/mol. The molecule has 0 fully saturated rings. The second-order valence-corrected chi connectivity index (χ2v) is 7.22. The number of aryl methyl sites for hydroxylation is 1. The molecule has 0 spiro atoms. The number of halogens is 1. The van der Waals surface area contributed by atoms with Gasteiger partial charge in [0.15, 0.2) is 0 Å². The molecule has 1 unspecified atom stereocenters. The number of carbonyl (C=O) groups is 1. The number of benzene rings is 1. The number of esters is 1. The molecule has 2 heterocycles. The van der Waals surface area contributed by atoms with Gasteiger partial charge in [-0.25, -0.2) is 14.2 Å². The molecule has 0 saturated heterocycles. The molecule has 0 aliphatic carbocycles. The topological polar surface area (TPSA) is 61.2 Å². The van der Waals surface area contributed by atoms with Gasteiger partial charge in [-0.2, -0.15) is 0 Å². The Morgan fingerprint density at radius 1 is 1.35 bits per heavy atom. The first-order valence-corrected chi connectivity index (χ1v) is 9.18. The predicted molar refractivity (Wildman–Crippen MR) is 100.0 cm³/mol. The maximum absolute atomic E-state index is 13.3. The summed E-state index contributed by atoms with van der Waals surface area (Å²) in [4.78, 5) is 31.1. The molecule has 1 atom stereocenters. The van der Waals surface area contributed by atoms with Crippen molar-refractivity contribution in [1.29, 1.82) is 0 Å². The van der Waals surface area contributed by atoms with Crippen LogP contribution >= 0.6 is 11.3 Å². The molecule has 3 aromatic rings. The van der Waals surface area contributed by atoms with Crippen molar-refractivity contribution in [3.8, 4) is 11.1 Å². The minimum absolute atomic E-state index is 0.306. The molecule has 0 bridgehead atoms. The standard InChI is InChI=1S/C19H19FN2O3S/c1-4-9-25-19(24)11(2)22-10-21-17-16(18(22)23)15(12(3)26-17)13-5-7-14(20)8-6-13/h5-8,10-11H,4,9H2,1-3H3. The zero-order valence-corrected chi connectivity index (χ0v) is 15.6. The van der Waals surface area contributed by atoms with E-state index in [1.807, 2.05) is 13.8 Å². The smallest absolute Gasteiger partial charge is 0.328 e. The fourth-order valence-electron chi connectivity index (χ4n) is 2.79. The molecule has 7 heteroatoms. The van der Waals surface area contributed by atoms with Crippen LogP contribution in [0.4, 0.5) is 4.39 Å². The molecular formula is C19H19FN2O3S. The van der Waals surface area contributed by atoms with Crippen molar-refractivity contribution in [1.82, 2.24) is 9.55 Å². The third-order valence-corrected chi connectivity index (χ3v) is 5.17. The van der Waals surface area contributed by atoms with Crippen LogP contribution in [0.2, 0.25) is 0 Å². The van der Waals surface area contributed by atoms with Crippen LogP contribution in [-0.2, 0) is 9.53 Å². The van der Waals surface area contributed by atoms with Gasteiger partial charge < -0.3 is 4.74 Å². The van der Waals surface area contributed by atoms with E-state index < -0.39 is 12.0 Å². The summed E-state index contributed by atoms with van der Waals surface area (Å²) >= 11 is 1.40. The van der Waals surface area contributed by atoms with Crippen LogP contribution in [0.15, 0.2) is 35.4 Å². The lowest BCUT2D eigenvalue weighted by atomic mass is 10.0. The lowest BCUT2D eigenvalue weighted by Crippen LogP contribution is -2.29. The summed E-state index contributed by atoms with van der Waals surface area (Å²) in [6.07, 6.45) is 2.09. The molecule has 136 valence electrons. The van der Waals surface area contributed by atoms with Crippen molar-refractivity contribution >= 4 is 27.5 Å². The van der Waals surface area contributed by atoms with Gasteiger partial charge in [0.2, 0.25) is 0 Å². The van der Waals surface area contributed by atoms with Crippen molar-refractivity contribution in [2.45, 2.75) is 33.2 Å². The van der Waals surface area contributed by atoms with Gasteiger partial charge in [-0.05, 0) is 38.0 Å². The first kappa shape index (κ1) is 18.3. The summed E-state index contributed by atoms with van der Waals surface area (Å²) in [5, 5.41) is 0.441. The van der Waals surface area contributed by atoms with E-state index in [-0.39, 0.29) is 11.4 Å². The van der Waals surface area contributed by atoms with Crippen molar-refractivity contribution in [3.05, 3.63) is 51.6 Å². The average Bonchev–Trinajstić information content (AvgIpc) is 2.97. The number of aromatic nitrogens is 2. The summed E-state index contributed by atoms with van der Waals surface area (Å²) in [5.41, 5.74) is 1.17. The molecule has 26 heavy (non-hydrogen) atoms. The van der Waals surface area contributed by atoms with E-state index in [2.05, 4.69) is 4.98 Å². The highest BCUT2D eigenvalue weighted by atomic mass is 32.1. The molecule has 0 aliphatic heterocycles. The normalized spacial score (nSPS) is 12.3. The highest BCUT2D eigenvalue weighted by molar-refractivity contribution is 7.19. The van der Waals surface area contributed by atoms with Crippen molar-refractivity contribution in [3.63, 3.8) is 0 Å². The Bertz CT molecular complexity index is 1010. The lowest BCUT2D eigenvalue weighted by molar-refractivity contribution is -0.147. The summed E-state index contributed by atoms with van der Waals surface area (Å²) in [7, 11) is 0. The fourth-order valence-corrected chi connectivity index (χ4v) is 3.80. The van der Waals surface area contributed by atoms with E-state index >= 15 is 0 Å². The Morgan fingerprint density at radius 2 is 2.04 bits per heavy atom. The number of rotatable bonds is 5. The van der Waals surface area contributed by atoms with E-state index in [1.54, 1.807) is 19.1 Å². The van der Waals surface area contributed by atoms with Crippen LogP contribution in [0.3, 0.4) is 0 Å². The van der Waals surface area contributed by atoms with E-state index in [4.69, 9.17) is 4.74 Å². The van der Waals surface area contributed by atoms with E-state index in [0.717, 1.165) is 16.0 Å². The number of carbonyl (C=O) groups excluding carboxylic acids is 1. The number of ether oxygens (including phenoxy) is 1. The third-order valence-electron chi connectivity index (χ3n) is 4.15. The quantitative estimate of drug-likeness (QED) is 0.631. The average molecular weight is 374 g/mol. The molecule has 3 rings (SSSR count). The third kappa shape index (κ3) is 3.26. The highest BCUT2D eigenvalue weighted by Crippen LogP contribution is 2.35. The first-order valence-electron chi connectivity index (χ1n) is 8.36. The van der Waals surface area contributed by atoms with Gasteiger partial charge in [-0.3, -0.25) is 9.36 Å². The summed E-state index contributed by atoms with van der Waals surface area (Å²) < 4.78 is 19.7. The molecular weight excluding hydrogens is 355 g/mol. The van der Waals surface area contributed by atoms with E-state index in [1.165, 1.54) is 34.4 Å². The molecule has 0 saturated carbocycles. The van der Waals surface area contributed by atoms with E-state index in [9.17, 15) is 14.0 Å². The maximum atomic E-state index is 13.3. The second kappa shape index (κ2) is 7.37. The van der Waals surface area contributed by atoms with Gasteiger partial charge in [0.05, 0.1) is 18.3 Å². The molecule has 0 aliphatic rings. The van der Waals surface area contributed by atoms with Gasteiger partial charge in [0.1, 0.15) is 16.7 Å². The van der Waals surface area contributed by atoms with Crippen molar-refractivity contribution in [2.75, 3.05) is 6.61 Å². The Kier molecular flexibility index (Phi) is 5.18. The minimum Gasteiger partial charge on any atom is -0.464 e. The molecule has 5 nitrogen and oxygen atoms in total. The number of hydrogen-bond donors (Lipinski definition) is 0. The largest absolute Gasteiger partial charge is 0.464 e. The number of nitrogens with zero attached hydrogens (tertiary/aromatic N) is 2. The summed E-state index contributed by atoms with van der Waals surface area (Å²) in [5.74, 6) is -0.806. The molecule has 0 radical (unpaired) electrons. The van der Waals surface area contributed by atoms with Crippen LogP contribution in [-0.4, -0.2) is 22.1 Å². The van der Waals surface area contributed by atoms with Crippen LogP contribution in [0.1, 0.15) is 31.2 Å². The van der Waals surface area contributed by atoms with E-state index in [0.29, 0.717) is 23.2 Å². The predicted octanol–water partition coefficient (Wildman–Crippen LogP) is 4.09. The van der Waals surface area contributed by atoms with Gasteiger partial charge >= 0.3 is 5.97 Å². The minimum atomic E-state index is -0.771. The van der Waals surface area contributed by atoms with Gasteiger partial charge in [-0.1, -0.05) is 19.1 Å². The Hall–Kier alpha value is -2.54. The fraction of sp³-hybridized carbons (Fsp3) is 0.316. The molecule has 0 N–H and O–H groups in total. The van der Waals surface area contributed by atoms with Gasteiger partial charge in [0, 0.05) is 10.4 Å². The number of hydrogen-bond acceptors (Lipinski definition) is 5. The Labute approximate surface area is 154 Å². The zero-order valence-electron chi connectivity index (χ0n) is 14.8. The van der Waals surface area contributed by atoms with Crippen LogP contribution in [0.25, 0.3) is 21.3 Å². The van der Waals surface area contributed by atoms with Crippen molar-refractivity contribution < 1.29 is 13.9 Å². The number of fused-ring (bicyclic) bond motifs is 1.